The maximum atomic E-state index is 13.3. The first-order valence-corrected chi connectivity index (χ1v) is 15.0. The average molecular weight is 615 g/mol. The molecule has 9 nitrogen and oxygen atoms in total. The SMILES string of the molecule is COc1cc(OC(=O)c2cccc(C(C)=O)c2)ccc1-c1ccc2c(c1COC(=O)C1CC=C(C)S1)N(C)C(=O)C(C)(C)N2. The molecule has 0 saturated carbocycles. The van der Waals surface area contributed by atoms with Crippen molar-refractivity contribution in [3.63, 3.8) is 0 Å². The average Bonchev–Trinajstić information content (AvgIpc) is 3.44. The second-order valence-corrected chi connectivity index (χ2v) is 12.7. The Morgan fingerprint density at radius 3 is 2.45 bits per heavy atom. The van der Waals surface area contributed by atoms with Gasteiger partial charge in [-0.1, -0.05) is 24.3 Å². The molecule has 2 aliphatic rings. The number of likely N-dealkylation sites (N-methyl/N-ethyl adjacent to an activating group) is 1. The molecule has 0 spiro atoms. The standard InChI is InChI=1S/C34H34N2O7S/c1-19-10-15-29(44-19)32(39)42-18-26-24(13-14-27-30(26)36(5)33(40)34(3,4)35-27)25-12-11-23(17-28(25)41-6)43-31(38)22-9-7-8-21(16-22)20(2)37/h7-14,16-17,29,35H,15,18H2,1-6H3. The van der Waals surface area contributed by atoms with Crippen LogP contribution in [0, 0.1) is 0 Å². The molecule has 0 fully saturated rings. The molecule has 1 unspecified atom stereocenters. The number of ether oxygens (including phenoxy) is 3. The van der Waals surface area contributed by atoms with Gasteiger partial charge in [-0.2, -0.15) is 0 Å². The number of carbonyl (C=O) groups is 4. The molecular weight excluding hydrogens is 580 g/mol. The summed E-state index contributed by atoms with van der Waals surface area (Å²) in [6.45, 7) is 6.96. The fraction of sp³-hybridized carbons (Fsp3) is 0.294. The van der Waals surface area contributed by atoms with Crippen LogP contribution >= 0.6 is 11.8 Å². The van der Waals surface area contributed by atoms with Crippen molar-refractivity contribution in [2.45, 2.75) is 51.5 Å². The number of anilines is 2. The second kappa shape index (κ2) is 12.2. The first kappa shape index (κ1) is 30.9. The lowest BCUT2D eigenvalue weighted by Crippen LogP contribution is -2.52. The molecule has 228 valence electrons. The van der Waals surface area contributed by atoms with Crippen LogP contribution in [0.15, 0.2) is 65.6 Å². The molecule has 3 aromatic rings. The number of ketones is 1. The third-order valence-electron chi connectivity index (χ3n) is 7.65. The van der Waals surface area contributed by atoms with E-state index in [0.717, 1.165) is 10.6 Å². The number of thioether (sulfide) groups is 1. The lowest BCUT2D eigenvalue weighted by molar-refractivity contribution is -0.144. The van der Waals surface area contributed by atoms with Crippen LogP contribution in [0.1, 0.15) is 60.4 Å². The van der Waals surface area contributed by atoms with Crippen molar-refractivity contribution in [2.24, 2.45) is 0 Å². The smallest absolute Gasteiger partial charge is 0.343 e. The molecule has 0 bridgehead atoms. The van der Waals surface area contributed by atoms with E-state index in [2.05, 4.69) is 5.32 Å². The Hall–Kier alpha value is -4.57. The molecular formula is C34H34N2O7S. The van der Waals surface area contributed by atoms with Gasteiger partial charge in [0.1, 0.15) is 28.9 Å². The van der Waals surface area contributed by atoms with Crippen LogP contribution in [0.5, 0.6) is 11.5 Å². The van der Waals surface area contributed by atoms with Crippen LogP contribution in [0.3, 0.4) is 0 Å². The van der Waals surface area contributed by atoms with E-state index >= 15 is 0 Å². The molecule has 2 aliphatic heterocycles. The van der Waals surface area contributed by atoms with E-state index in [0.29, 0.717) is 40.1 Å². The summed E-state index contributed by atoms with van der Waals surface area (Å²) in [6, 6.07) is 15.1. The highest BCUT2D eigenvalue weighted by Crippen LogP contribution is 2.45. The third-order valence-corrected chi connectivity index (χ3v) is 8.86. The van der Waals surface area contributed by atoms with Crippen molar-refractivity contribution in [1.82, 2.24) is 0 Å². The van der Waals surface area contributed by atoms with Crippen LogP contribution in [0.2, 0.25) is 0 Å². The van der Waals surface area contributed by atoms with Gasteiger partial charge in [0.15, 0.2) is 5.78 Å². The van der Waals surface area contributed by atoms with E-state index in [1.54, 1.807) is 48.3 Å². The summed E-state index contributed by atoms with van der Waals surface area (Å²) in [5.41, 5.74) is 3.14. The van der Waals surface area contributed by atoms with E-state index in [4.69, 9.17) is 14.2 Å². The number of Topliss-reactive ketones (excluding diaryl/α,β-unsaturated/α-hetero) is 1. The van der Waals surface area contributed by atoms with Crippen LogP contribution in [-0.2, 0) is 20.9 Å². The highest BCUT2D eigenvalue weighted by atomic mass is 32.2. The van der Waals surface area contributed by atoms with Gasteiger partial charge in [0, 0.05) is 29.8 Å². The highest BCUT2D eigenvalue weighted by molar-refractivity contribution is 8.04. The minimum atomic E-state index is -0.825. The Balaban J connectivity index is 1.51. The number of esters is 2. The number of carbonyl (C=O) groups excluding carboxylic acids is 4. The second-order valence-electron chi connectivity index (χ2n) is 11.3. The molecule has 1 atom stereocenters. The first-order chi connectivity index (χ1) is 20.9. The molecule has 1 amide bonds. The Morgan fingerprint density at radius 1 is 1.05 bits per heavy atom. The number of hydrogen-bond donors (Lipinski definition) is 1. The van der Waals surface area contributed by atoms with Gasteiger partial charge in [-0.05, 0) is 74.9 Å². The van der Waals surface area contributed by atoms with Crippen molar-refractivity contribution in [2.75, 3.05) is 24.4 Å². The minimum absolute atomic E-state index is 0.0699. The zero-order chi connectivity index (χ0) is 31.8. The minimum Gasteiger partial charge on any atom is -0.496 e. The quantitative estimate of drug-likeness (QED) is 0.175. The Bertz CT molecular complexity index is 1710. The highest BCUT2D eigenvalue weighted by Gasteiger charge is 2.39. The number of hydrogen-bond acceptors (Lipinski definition) is 9. The molecule has 0 aromatic heterocycles. The molecule has 0 radical (unpaired) electrons. The van der Waals surface area contributed by atoms with E-state index in [1.807, 2.05) is 39.0 Å². The topological polar surface area (TPSA) is 111 Å². The van der Waals surface area contributed by atoms with E-state index in [-0.39, 0.29) is 40.8 Å². The van der Waals surface area contributed by atoms with Gasteiger partial charge in [0.2, 0.25) is 0 Å². The lowest BCUT2D eigenvalue weighted by atomic mass is 9.91. The first-order valence-electron chi connectivity index (χ1n) is 14.1. The molecule has 1 N–H and O–H groups in total. The maximum absolute atomic E-state index is 13.3. The summed E-state index contributed by atoms with van der Waals surface area (Å²) in [5, 5.41) is 3.00. The Morgan fingerprint density at radius 2 is 1.77 bits per heavy atom. The van der Waals surface area contributed by atoms with Crippen molar-refractivity contribution in [1.29, 1.82) is 0 Å². The molecule has 3 aromatic carbocycles. The van der Waals surface area contributed by atoms with Crippen molar-refractivity contribution in [3.8, 4) is 22.6 Å². The van der Waals surface area contributed by atoms with Crippen LogP contribution in [0.4, 0.5) is 11.4 Å². The zero-order valence-corrected chi connectivity index (χ0v) is 26.3. The fourth-order valence-corrected chi connectivity index (χ4v) is 6.39. The Kier molecular flexibility index (Phi) is 8.56. The predicted octanol–water partition coefficient (Wildman–Crippen LogP) is 6.40. The molecule has 10 heteroatoms. The summed E-state index contributed by atoms with van der Waals surface area (Å²) in [5.74, 6) is -0.586. The molecule has 2 heterocycles. The van der Waals surface area contributed by atoms with Crippen LogP contribution < -0.4 is 19.7 Å². The zero-order valence-electron chi connectivity index (χ0n) is 25.5. The third kappa shape index (κ3) is 6.07. The number of nitrogens with one attached hydrogen (secondary N) is 1. The number of allylic oxidation sites excluding steroid dienone is 2. The molecule has 0 saturated heterocycles. The van der Waals surface area contributed by atoms with E-state index in [9.17, 15) is 19.2 Å². The summed E-state index contributed by atoms with van der Waals surface area (Å²) in [7, 11) is 3.21. The lowest BCUT2D eigenvalue weighted by Gasteiger charge is -2.39. The van der Waals surface area contributed by atoms with Crippen molar-refractivity contribution in [3.05, 3.63) is 82.3 Å². The van der Waals surface area contributed by atoms with Gasteiger partial charge in [-0.15, -0.1) is 11.8 Å². The van der Waals surface area contributed by atoms with E-state index < -0.39 is 11.5 Å². The van der Waals surface area contributed by atoms with Gasteiger partial charge in [-0.3, -0.25) is 14.4 Å². The van der Waals surface area contributed by atoms with Crippen molar-refractivity contribution < 1.29 is 33.4 Å². The predicted molar refractivity (Wildman–Crippen MR) is 170 cm³/mol. The normalized spacial score (nSPS) is 16.9. The Labute approximate surface area is 260 Å². The number of amides is 1. The van der Waals surface area contributed by atoms with Gasteiger partial charge in [-0.25, -0.2) is 4.79 Å². The summed E-state index contributed by atoms with van der Waals surface area (Å²) >= 11 is 1.48. The molecule has 44 heavy (non-hydrogen) atoms. The molecule has 0 aliphatic carbocycles. The largest absolute Gasteiger partial charge is 0.496 e. The van der Waals surface area contributed by atoms with Gasteiger partial charge >= 0.3 is 11.9 Å². The number of fused-ring (bicyclic) bond motifs is 1. The maximum Gasteiger partial charge on any atom is 0.343 e. The monoisotopic (exact) mass is 614 g/mol. The van der Waals surface area contributed by atoms with Gasteiger partial charge in [0.25, 0.3) is 5.91 Å². The van der Waals surface area contributed by atoms with Crippen LogP contribution in [-0.4, -0.2) is 48.6 Å². The number of methoxy groups -OCH3 is 1. The summed E-state index contributed by atoms with van der Waals surface area (Å²) in [4.78, 5) is 53.6. The van der Waals surface area contributed by atoms with Crippen LogP contribution in [0.25, 0.3) is 11.1 Å². The molecule has 5 rings (SSSR count). The van der Waals surface area contributed by atoms with E-state index in [1.165, 1.54) is 31.9 Å². The number of nitrogens with zero attached hydrogens (tertiary/aromatic N) is 1. The number of benzene rings is 3. The van der Waals surface area contributed by atoms with Gasteiger partial charge in [0.05, 0.1) is 24.0 Å². The fourth-order valence-electron chi connectivity index (χ4n) is 5.39. The van der Waals surface area contributed by atoms with Crippen molar-refractivity contribution >= 4 is 46.8 Å². The van der Waals surface area contributed by atoms with Gasteiger partial charge < -0.3 is 24.4 Å². The number of rotatable bonds is 8. The summed E-state index contributed by atoms with van der Waals surface area (Å²) < 4.78 is 17.2. The summed E-state index contributed by atoms with van der Waals surface area (Å²) in [6.07, 6.45) is 2.63.